The van der Waals surface area contributed by atoms with E-state index in [0.717, 1.165) is 25.9 Å². The van der Waals surface area contributed by atoms with Gasteiger partial charge in [-0.1, -0.05) is 36.8 Å². The standard InChI is InChI=1S/C14H22O3/c15-10-14(11-16)8-4-5-9-17-12-13-6-2-1-3-7-13/h1-3,6-7,14-16H,4-5,8-12H2. The Morgan fingerprint density at radius 3 is 2.35 bits per heavy atom. The maximum Gasteiger partial charge on any atom is 0.0716 e. The van der Waals surface area contributed by atoms with Crippen molar-refractivity contribution in [1.29, 1.82) is 0 Å². The summed E-state index contributed by atoms with van der Waals surface area (Å²) in [6, 6.07) is 10.1. The number of rotatable bonds is 9. The van der Waals surface area contributed by atoms with Gasteiger partial charge in [-0.2, -0.15) is 0 Å². The third-order valence-corrected chi connectivity index (χ3v) is 2.78. The van der Waals surface area contributed by atoms with Gasteiger partial charge in [-0.15, -0.1) is 0 Å². The smallest absolute Gasteiger partial charge is 0.0716 e. The van der Waals surface area contributed by atoms with Crippen molar-refractivity contribution in [2.24, 2.45) is 5.92 Å². The van der Waals surface area contributed by atoms with Gasteiger partial charge in [0, 0.05) is 25.7 Å². The van der Waals surface area contributed by atoms with Crippen molar-refractivity contribution in [1.82, 2.24) is 0 Å². The average Bonchev–Trinajstić information content (AvgIpc) is 2.39. The number of benzene rings is 1. The summed E-state index contributed by atoms with van der Waals surface area (Å²) in [5, 5.41) is 17.8. The van der Waals surface area contributed by atoms with Crippen molar-refractivity contribution in [3.63, 3.8) is 0 Å². The molecule has 17 heavy (non-hydrogen) atoms. The van der Waals surface area contributed by atoms with E-state index in [1.807, 2.05) is 30.3 Å². The highest BCUT2D eigenvalue weighted by Gasteiger charge is 2.04. The lowest BCUT2D eigenvalue weighted by molar-refractivity contribution is 0.108. The molecule has 0 amide bonds. The molecule has 0 saturated carbocycles. The molecule has 0 aromatic heterocycles. The van der Waals surface area contributed by atoms with E-state index < -0.39 is 0 Å². The molecule has 0 aliphatic carbocycles. The van der Waals surface area contributed by atoms with Gasteiger partial charge in [-0.3, -0.25) is 0 Å². The molecule has 0 fully saturated rings. The zero-order chi connectivity index (χ0) is 12.3. The molecular weight excluding hydrogens is 216 g/mol. The highest BCUT2D eigenvalue weighted by Crippen LogP contribution is 2.08. The van der Waals surface area contributed by atoms with Crippen LogP contribution in [0.2, 0.25) is 0 Å². The molecule has 0 radical (unpaired) electrons. The molecule has 0 bridgehead atoms. The lowest BCUT2D eigenvalue weighted by Crippen LogP contribution is -2.11. The minimum Gasteiger partial charge on any atom is -0.396 e. The molecule has 0 aliphatic rings. The van der Waals surface area contributed by atoms with E-state index >= 15 is 0 Å². The fourth-order valence-corrected chi connectivity index (χ4v) is 1.64. The zero-order valence-electron chi connectivity index (χ0n) is 10.2. The van der Waals surface area contributed by atoms with Crippen LogP contribution in [0, 0.1) is 5.92 Å². The SMILES string of the molecule is OCC(CO)CCCCOCc1ccccc1. The molecule has 1 rings (SSSR count). The number of unbranched alkanes of at least 4 members (excludes halogenated alkanes) is 1. The Bertz CT molecular complexity index is 270. The van der Waals surface area contributed by atoms with E-state index in [0.29, 0.717) is 6.61 Å². The van der Waals surface area contributed by atoms with E-state index in [1.54, 1.807) is 0 Å². The average molecular weight is 238 g/mol. The van der Waals surface area contributed by atoms with Gasteiger partial charge in [-0.25, -0.2) is 0 Å². The van der Waals surface area contributed by atoms with E-state index in [-0.39, 0.29) is 19.1 Å². The molecule has 1 aromatic rings. The van der Waals surface area contributed by atoms with Crippen molar-refractivity contribution >= 4 is 0 Å². The number of ether oxygens (including phenoxy) is 1. The summed E-state index contributed by atoms with van der Waals surface area (Å²) in [7, 11) is 0. The maximum absolute atomic E-state index is 8.89. The summed E-state index contributed by atoms with van der Waals surface area (Å²) < 4.78 is 5.54. The second-order valence-corrected chi connectivity index (χ2v) is 4.27. The van der Waals surface area contributed by atoms with Gasteiger partial charge in [-0.05, 0) is 18.4 Å². The highest BCUT2D eigenvalue weighted by atomic mass is 16.5. The van der Waals surface area contributed by atoms with Gasteiger partial charge in [0.05, 0.1) is 6.61 Å². The van der Waals surface area contributed by atoms with Crippen molar-refractivity contribution in [3.8, 4) is 0 Å². The van der Waals surface area contributed by atoms with Crippen LogP contribution in [-0.2, 0) is 11.3 Å². The third kappa shape index (κ3) is 6.41. The summed E-state index contributed by atoms with van der Waals surface area (Å²) in [6.45, 7) is 1.53. The van der Waals surface area contributed by atoms with Crippen molar-refractivity contribution < 1.29 is 14.9 Å². The van der Waals surface area contributed by atoms with E-state index in [4.69, 9.17) is 14.9 Å². The van der Waals surface area contributed by atoms with E-state index in [1.165, 1.54) is 5.56 Å². The second-order valence-electron chi connectivity index (χ2n) is 4.27. The number of aliphatic hydroxyl groups excluding tert-OH is 2. The molecule has 0 saturated heterocycles. The summed E-state index contributed by atoms with van der Waals surface area (Å²) in [6.07, 6.45) is 2.83. The Morgan fingerprint density at radius 1 is 1.00 bits per heavy atom. The van der Waals surface area contributed by atoms with Crippen LogP contribution in [0.4, 0.5) is 0 Å². The predicted octanol–water partition coefficient (Wildman–Crippen LogP) is 1.97. The number of hydrogen-bond acceptors (Lipinski definition) is 3. The minimum atomic E-state index is 0.0316. The molecule has 0 heterocycles. The van der Waals surface area contributed by atoms with Gasteiger partial charge in [0.15, 0.2) is 0 Å². The van der Waals surface area contributed by atoms with Crippen LogP contribution in [0.1, 0.15) is 24.8 Å². The normalized spacial score (nSPS) is 11.0. The fraction of sp³-hybridized carbons (Fsp3) is 0.571. The minimum absolute atomic E-state index is 0.0316. The first-order chi connectivity index (χ1) is 8.36. The lowest BCUT2D eigenvalue weighted by atomic mass is 10.0. The van der Waals surface area contributed by atoms with Gasteiger partial charge in [0.2, 0.25) is 0 Å². The molecule has 3 nitrogen and oxygen atoms in total. The summed E-state index contributed by atoms with van der Waals surface area (Å²) >= 11 is 0. The Hall–Kier alpha value is -0.900. The number of aliphatic hydroxyl groups is 2. The molecule has 2 N–H and O–H groups in total. The second kappa shape index (κ2) is 9.16. The van der Waals surface area contributed by atoms with Crippen LogP contribution >= 0.6 is 0 Å². The van der Waals surface area contributed by atoms with Crippen LogP contribution in [0.3, 0.4) is 0 Å². The molecular formula is C14H22O3. The van der Waals surface area contributed by atoms with Crippen molar-refractivity contribution in [2.45, 2.75) is 25.9 Å². The van der Waals surface area contributed by atoms with Crippen LogP contribution < -0.4 is 0 Å². The molecule has 0 aliphatic heterocycles. The van der Waals surface area contributed by atoms with Crippen LogP contribution in [0.15, 0.2) is 30.3 Å². The van der Waals surface area contributed by atoms with Crippen molar-refractivity contribution in [2.75, 3.05) is 19.8 Å². The number of hydrogen-bond donors (Lipinski definition) is 2. The van der Waals surface area contributed by atoms with Gasteiger partial charge >= 0.3 is 0 Å². The monoisotopic (exact) mass is 238 g/mol. The predicted molar refractivity (Wildman–Crippen MR) is 67.6 cm³/mol. The van der Waals surface area contributed by atoms with Gasteiger partial charge in [0.25, 0.3) is 0 Å². The van der Waals surface area contributed by atoms with Crippen LogP contribution in [0.25, 0.3) is 0 Å². The molecule has 0 unspecified atom stereocenters. The molecule has 96 valence electrons. The molecule has 0 atom stereocenters. The molecule has 1 aromatic carbocycles. The lowest BCUT2D eigenvalue weighted by Gasteiger charge is -2.10. The zero-order valence-corrected chi connectivity index (χ0v) is 10.2. The molecule has 3 heteroatoms. The Morgan fingerprint density at radius 2 is 1.71 bits per heavy atom. The first-order valence-electron chi connectivity index (χ1n) is 6.20. The third-order valence-electron chi connectivity index (χ3n) is 2.78. The van der Waals surface area contributed by atoms with Crippen LogP contribution in [0.5, 0.6) is 0 Å². The summed E-state index contributed by atoms with van der Waals surface area (Å²) in [5.41, 5.74) is 1.19. The molecule has 0 spiro atoms. The maximum atomic E-state index is 8.89. The summed E-state index contributed by atoms with van der Waals surface area (Å²) in [4.78, 5) is 0. The Labute approximate surface area is 103 Å². The van der Waals surface area contributed by atoms with Crippen LogP contribution in [-0.4, -0.2) is 30.0 Å². The topological polar surface area (TPSA) is 49.7 Å². The van der Waals surface area contributed by atoms with Gasteiger partial charge in [0.1, 0.15) is 0 Å². The van der Waals surface area contributed by atoms with Crippen molar-refractivity contribution in [3.05, 3.63) is 35.9 Å². The highest BCUT2D eigenvalue weighted by molar-refractivity contribution is 5.13. The summed E-state index contributed by atoms with van der Waals surface area (Å²) in [5.74, 6) is 0.0316. The first kappa shape index (κ1) is 14.2. The quantitative estimate of drug-likeness (QED) is 0.647. The largest absolute Gasteiger partial charge is 0.396 e. The Balaban J connectivity index is 1.98. The van der Waals surface area contributed by atoms with E-state index in [2.05, 4.69) is 0 Å². The van der Waals surface area contributed by atoms with E-state index in [9.17, 15) is 0 Å². The Kier molecular flexibility index (Phi) is 7.63. The first-order valence-corrected chi connectivity index (χ1v) is 6.20. The van der Waals surface area contributed by atoms with Gasteiger partial charge < -0.3 is 14.9 Å². The fourth-order valence-electron chi connectivity index (χ4n) is 1.64.